The standard InChI is InChI=1S/C23H20N4O4S2/c1-30-15-10-11-17(19(12-15)31-2)21(29)25-22-26-27-23(33-22)32-13-20(28)24-18-9-5-7-14-6-3-4-8-16(14)18/h3-12H,13H2,1-2H3,(H,24,28)(H,25,26,29). The lowest BCUT2D eigenvalue weighted by atomic mass is 10.1. The summed E-state index contributed by atoms with van der Waals surface area (Å²) < 4.78 is 11.0. The summed E-state index contributed by atoms with van der Waals surface area (Å²) >= 11 is 2.44. The number of nitrogens with one attached hydrogen (secondary N) is 2. The van der Waals surface area contributed by atoms with Gasteiger partial charge in [-0.1, -0.05) is 59.5 Å². The van der Waals surface area contributed by atoms with E-state index in [1.165, 1.54) is 37.3 Å². The van der Waals surface area contributed by atoms with Gasteiger partial charge in [0, 0.05) is 17.1 Å². The maximum atomic E-state index is 12.6. The molecule has 2 N–H and O–H groups in total. The summed E-state index contributed by atoms with van der Waals surface area (Å²) in [6.45, 7) is 0. The second-order valence-corrected chi connectivity index (χ2v) is 8.96. The normalized spacial score (nSPS) is 10.6. The van der Waals surface area contributed by atoms with Crippen LogP contribution in [-0.2, 0) is 4.79 Å². The first-order valence-electron chi connectivity index (χ1n) is 9.84. The average Bonchev–Trinajstić information content (AvgIpc) is 3.29. The quantitative estimate of drug-likeness (QED) is 0.279. The number of carbonyl (C=O) groups is 2. The fourth-order valence-electron chi connectivity index (χ4n) is 3.12. The number of ether oxygens (including phenoxy) is 2. The van der Waals surface area contributed by atoms with Crippen molar-refractivity contribution in [3.05, 3.63) is 66.2 Å². The predicted molar refractivity (Wildman–Crippen MR) is 131 cm³/mol. The number of carbonyl (C=O) groups excluding carboxylic acids is 2. The maximum Gasteiger partial charge on any atom is 0.261 e. The van der Waals surface area contributed by atoms with Crippen molar-refractivity contribution in [2.75, 3.05) is 30.6 Å². The largest absolute Gasteiger partial charge is 0.497 e. The monoisotopic (exact) mass is 480 g/mol. The molecule has 0 unspecified atom stereocenters. The Kier molecular flexibility index (Phi) is 7.06. The van der Waals surface area contributed by atoms with Gasteiger partial charge in [-0.25, -0.2) is 0 Å². The van der Waals surface area contributed by atoms with Crippen molar-refractivity contribution in [2.24, 2.45) is 0 Å². The first-order valence-corrected chi connectivity index (χ1v) is 11.6. The summed E-state index contributed by atoms with van der Waals surface area (Å²) in [6.07, 6.45) is 0. The van der Waals surface area contributed by atoms with Crippen LogP contribution in [0.3, 0.4) is 0 Å². The van der Waals surface area contributed by atoms with Crippen molar-refractivity contribution >= 4 is 56.5 Å². The van der Waals surface area contributed by atoms with Crippen LogP contribution in [0.25, 0.3) is 10.8 Å². The highest BCUT2D eigenvalue weighted by Crippen LogP contribution is 2.29. The summed E-state index contributed by atoms with van der Waals surface area (Å²) in [5, 5.41) is 16.1. The molecule has 0 aliphatic rings. The number of hydrogen-bond acceptors (Lipinski definition) is 8. The van der Waals surface area contributed by atoms with Crippen molar-refractivity contribution in [3.63, 3.8) is 0 Å². The minimum Gasteiger partial charge on any atom is -0.497 e. The van der Waals surface area contributed by atoms with Gasteiger partial charge < -0.3 is 14.8 Å². The molecule has 0 spiro atoms. The smallest absolute Gasteiger partial charge is 0.261 e. The summed E-state index contributed by atoms with van der Waals surface area (Å²) in [5.41, 5.74) is 1.11. The highest BCUT2D eigenvalue weighted by Gasteiger charge is 2.16. The first kappa shape index (κ1) is 22.6. The second-order valence-electron chi connectivity index (χ2n) is 6.76. The molecule has 0 bridgehead atoms. The van der Waals surface area contributed by atoms with E-state index in [4.69, 9.17) is 9.47 Å². The van der Waals surface area contributed by atoms with E-state index in [0.29, 0.717) is 26.5 Å². The summed E-state index contributed by atoms with van der Waals surface area (Å²) in [7, 11) is 3.02. The van der Waals surface area contributed by atoms with Gasteiger partial charge in [0.25, 0.3) is 5.91 Å². The van der Waals surface area contributed by atoms with Crippen LogP contribution in [0.5, 0.6) is 11.5 Å². The molecule has 2 amide bonds. The maximum absolute atomic E-state index is 12.6. The lowest BCUT2D eigenvalue weighted by Crippen LogP contribution is -2.14. The number of rotatable bonds is 8. The molecule has 168 valence electrons. The lowest BCUT2D eigenvalue weighted by molar-refractivity contribution is -0.113. The van der Waals surface area contributed by atoms with Gasteiger partial charge in [0.05, 0.1) is 25.5 Å². The topological polar surface area (TPSA) is 102 Å². The Morgan fingerprint density at radius 3 is 2.61 bits per heavy atom. The number of anilines is 2. The SMILES string of the molecule is COc1ccc(C(=O)Nc2nnc(SCC(=O)Nc3cccc4ccccc34)s2)c(OC)c1. The summed E-state index contributed by atoms with van der Waals surface area (Å²) in [5.74, 6) is 0.602. The Morgan fingerprint density at radius 1 is 0.970 bits per heavy atom. The minimum atomic E-state index is -0.379. The van der Waals surface area contributed by atoms with Crippen LogP contribution in [0.1, 0.15) is 10.4 Å². The molecule has 0 saturated heterocycles. The van der Waals surface area contributed by atoms with Crippen LogP contribution in [0.15, 0.2) is 65.0 Å². The lowest BCUT2D eigenvalue weighted by Gasteiger charge is -2.09. The van der Waals surface area contributed by atoms with Gasteiger partial charge in [-0.15, -0.1) is 10.2 Å². The van der Waals surface area contributed by atoms with E-state index in [9.17, 15) is 9.59 Å². The van der Waals surface area contributed by atoms with Gasteiger partial charge in [0.2, 0.25) is 11.0 Å². The van der Waals surface area contributed by atoms with Crippen molar-refractivity contribution in [3.8, 4) is 11.5 Å². The van der Waals surface area contributed by atoms with Crippen LogP contribution in [0.4, 0.5) is 10.8 Å². The van der Waals surface area contributed by atoms with E-state index < -0.39 is 0 Å². The molecule has 4 rings (SSSR count). The molecule has 0 atom stereocenters. The third-order valence-electron chi connectivity index (χ3n) is 4.67. The third kappa shape index (κ3) is 5.41. The first-order chi connectivity index (χ1) is 16.1. The number of aromatic nitrogens is 2. The fraction of sp³-hybridized carbons (Fsp3) is 0.130. The number of nitrogens with zero attached hydrogens (tertiary/aromatic N) is 2. The number of benzene rings is 3. The number of methoxy groups -OCH3 is 2. The van der Waals surface area contributed by atoms with Crippen molar-refractivity contribution in [1.29, 1.82) is 0 Å². The minimum absolute atomic E-state index is 0.153. The van der Waals surface area contributed by atoms with Crippen molar-refractivity contribution in [2.45, 2.75) is 4.34 Å². The highest BCUT2D eigenvalue weighted by atomic mass is 32.2. The number of fused-ring (bicyclic) bond motifs is 1. The van der Waals surface area contributed by atoms with E-state index in [1.54, 1.807) is 18.2 Å². The zero-order valence-corrected chi connectivity index (χ0v) is 19.5. The molecule has 8 nitrogen and oxygen atoms in total. The molecule has 0 radical (unpaired) electrons. The fourth-order valence-corrected chi connectivity index (χ4v) is 4.66. The molecule has 3 aromatic carbocycles. The van der Waals surface area contributed by atoms with Gasteiger partial charge in [-0.2, -0.15) is 0 Å². The van der Waals surface area contributed by atoms with Crippen molar-refractivity contribution in [1.82, 2.24) is 10.2 Å². The van der Waals surface area contributed by atoms with Crippen LogP contribution >= 0.6 is 23.1 Å². The van der Waals surface area contributed by atoms with E-state index in [2.05, 4.69) is 20.8 Å². The zero-order valence-electron chi connectivity index (χ0n) is 17.8. The molecule has 1 heterocycles. The van der Waals surface area contributed by atoms with Gasteiger partial charge in [-0.05, 0) is 23.6 Å². The molecule has 0 saturated carbocycles. The Balaban J connectivity index is 1.35. The summed E-state index contributed by atoms with van der Waals surface area (Å²) in [4.78, 5) is 25.1. The van der Waals surface area contributed by atoms with Crippen molar-refractivity contribution < 1.29 is 19.1 Å². The van der Waals surface area contributed by atoms with E-state index in [1.807, 2.05) is 42.5 Å². The predicted octanol–water partition coefficient (Wildman–Crippen LogP) is 4.69. The Labute approximate surface area is 198 Å². The van der Waals surface area contributed by atoms with Crippen LogP contribution in [0.2, 0.25) is 0 Å². The molecule has 4 aromatic rings. The van der Waals surface area contributed by atoms with Gasteiger partial charge in [0.15, 0.2) is 4.34 Å². The Morgan fingerprint density at radius 2 is 1.79 bits per heavy atom. The van der Waals surface area contributed by atoms with E-state index in [-0.39, 0.29) is 17.6 Å². The third-order valence-corrected chi connectivity index (χ3v) is 6.64. The van der Waals surface area contributed by atoms with Crippen LogP contribution in [0, 0.1) is 0 Å². The molecule has 0 aliphatic heterocycles. The average molecular weight is 481 g/mol. The number of thioether (sulfide) groups is 1. The molecule has 1 aromatic heterocycles. The molecule has 0 fully saturated rings. The van der Waals surface area contributed by atoms with Crippen LogP contribution in [-0.4, -0.2) is 42.0 Å². The number of hydrogen-bond donors (Lipinski definition) is 2. The Bertz CT molecular complexity index is 1300. The molecule has 33 heavy (non-hydrogen) atoms. The zero-order chi connectivity index (χ0) is 23.2. The van der Waals surface area contributed by atoms with Gasteiger partial charge >= 0.3 is 0 Å². The highest BCUT2D eigenvalue weighted by molar-refractivity contribution is 8.01. The number of amides is 2. The van der Waals surface area contributed by atoms with Crippen LogP contribution < -0.4 is 20.1 Å². The second kappa shape index (κ2) is 10.3. The van der Waals surface area contributed by atoms with E-state index >= 15 is 0 Å². The Hall–Kier alpha value is -3.63. The summed E-state index contributed by atoms with van der Waals surface area (Å²) in [6, 6.07) is 18.6. The van der Waals surface area contributed by atoms with Gasteiger partial charge in [-0.3, -0.25) is 14.9 Å². The molecular formula is C23H20N4O4S2. The van der Waals surface area contributed by atoms with Gasteiger partial charge in [0.1, 0.15) is 11.5 Å². The molecular weight excluding hydrogens is 460 g/mol. The molecule has 10 heteroatoms. The molecule has 0 aliphatic carbocycles. The van der Waals surface area contributed by atoms with E-state index in [0.717, 1.165) is 16.5 Å².